The van der Waals surface area contributed by atoms with Crippen LogP contribution in [0.15, 0.2) is 48.6 Å². The third-order valence-corrected chi connectivity index (χ3v) is 11.8. The molecule has 0 radical (unpaired) electrons. The van der Waals surface area contributed by atoms with Gasteiger partial charge in [0.25, 0.3) is 0 Å². The van der Waals surface area contributed by atoms with Crippen molar-refractivity contribution in [2.24, 2.45) is 0 Å². The number of phosphoric ester groups is 1. The van der Waals surface area contributed by atoms with E-state index in [1.807, 2.05) is 27.2 Å². The van der Waals surface area contributed by atoms with Crippen molar-refractivity contribution >= 4 is 13.7 Å². The number of phosphoric acid groups is 1. The number of hydrogen-bond acceptors (Lipinski definition) is 5. The van der Waals surface area contributed by atoms with Crippen molar-refractivity contribution in [2.75, 3.05) is 40.9 Å². The molecule has 3 N–H and O–H groups in total. The Morgan fingerprint density at radius 1 is 0.576 bits per heavy atom. The Morgan fingerprint density at radius 2 is 0.966 bits per heavy atom. The average Bonchev–Trinajstić information content (AvgIpc) is 3.19. The second-order valence-corrected chi connectivity index (χ2v) is 19.3. The van der Waals surface area contributed by atoms with Gasteiger partial charge in [-0.1, -0.05) is 197 Å². The van der Waals surface area contributed by atoms with E-state index in [9.17, 15) is 19.4 Å². The summed E-state index contributed by atoms with van der Waals surface area (Å²) >= 11 is 0. The molecule has 9 heteroatoms. The first-order valence-electron chi connectivity index (χ1n) is 24.5. The molecular weight excluding hydrogens is 756 g/mol. The van der Waals surface area contributed by atoms with Gasteiger partial charge >= 0.3 is 7.82 Å². The van der Waals surface area contributed by atoms with Gasteiger partial charge in [-0.15, -0.1) is 0 Å². The van der Waals surface area contributed by atoms with Crippen molar-refractivity contribution in [3.63, 3.8) is 0 Å². The van der Waals surface area contributed by atoms with E-state index in [-0.39, 0.29) is 19.1 Å². The highest BCUT2D eigenvalue weighted by Crippen LogP contribution is 2.43. The number of amides is 1. The second-order valence-electron chi connectivity index (χ2n) is 17.8. The van der Waals surface area contributed by atoms with Gasteiger partial charge in [-0.3, -0.25) is 13.8 Å². The number of likely N-dealkylation sites (N-methyl/N-ethyl adjacent to an activating group) is 1. The number of unbranched alkanes of at least 4 members (excludes halogenated alkanes) is 25. The molecule has 0 aliphatic heterocycles. The number of aliphatic hydroxyl groups is 1. The maximum absolute atomic E-state index is 12.9. The molecular formula is C50H96N2O6P+. The van der Waals surface area contributed by atoms with Crippen LogP contribution in [-0.4, -0.2) is 73.4 Å². The summed E-state index contributed by atoms with van der Waals surface area (Å²) in [6.45, 7) is 4.79. The first-order chi connectivity index (χ1) is 28.5. The zero-order valence-corrected chi connectivity index (χ0v) is 40.1. The molecule has 0 spiro atoms. The van der Waals surface area contributed by atoms with E-state index in [2.05, 4.69) is 55.6 Å². The van der Waals surface area contributed by atoms with E-state index in [1.165, 1.54) is 141 Å². The Bertz CT molecular complexity index is 1100. The van der Waals surface area contributed by atoms with Crippen molar-refractivity contribution in [1.29, 1.82) is 0 Å². The summed E-state index contributed by atoms with van der Waals surface area (Å²) < 4.78 is 23.6. The van der Waals surface area contributed by atoms with Gasteiger partial charge < -0.3 is 19.8 Å². The molecule has 0 fully saturated rings. The molecule has 346 valence electrons. The maximum atomic E-state index is 12.9. The average molecular weight is 852 g/mol. The summed E-state index contributed by atoms with van der Waals surface area (Å²) in [5.41, 5.74) is 0. The second kappa shape index (κ2) is 41.8. The summed E-state index contributed by atoms with van der Waals surface area (Å²) in [6.07, 6.45) is 53.3. The summed E-state index contributed by atoms with van der Waals surface area (Å²) in [5, 5.41) is 13.8. The van der Waals surface area contributed by atoms with Crippen molar-refractivity contribution < 1.29 is 32.9 Å². The molecule has 0 heterocycles. The van der Waals surface area contributed by atoms with Gasteiger partial charge in [-0.2, -0.15) is 0 Å². The van der Waals surface area contributed by atoms with Crippen molar-refractivity contribution in [3.05, 3.63) is 48.6 Å². The number of hydrogen-bond donors (Lipinski definition) is 3. The van der Waals surface area contributed by atoms with E-state index in [4.69, 9.17) is 9.05 Å². The summed E-state index contributed by atoms with van der Waals surface area (Å²) in [7, 11) is 1.57. The van der Waals surface area contributed by atoms with Gasteiger partial charge in [0, 0.05) is 6.42 Å². The first-order valence-corrected chi connectivity index (χ1v) is 26.0. The monoisotopic (exact) mass is 852 g/mol. The van der Waals surface area contributed by atoms with E-state index in [0.717, 1.165) is 51.4 Å². The van der Waals surface area contributed by atoms with Gasteiger partial charge in [-0.05, 0) is 57.8 Å². The number of nitrogens with one attached hydrogen (secondary N) is 1. The lowest BCUT2D eigenvalue weighted by Crippen LogP contribution is -2.45. The van der Waals surface area contributed by atoms with Crippen molar-refractivity contribution in [2.45, 2.75) is 225 Å². The minimum atomic E-state index is -4.34. The molecule has 0 bridgehead atoms. The van der Waals surface area contributed by atoms with Crippen LogP contribution in [0, 0.1) is 0 Å². The molecule has 0 aromatic heterocycles. The van der Waals surface area contributed by atoms with E-state index in [0.29, 0.717) is 17.4 Å². The number of carbonyl (C=O) groups excluding carboxylic acids is 1. The number of rotatable bonds is 44. The van der Waals surface area contributed by atoms with E-state index in [1.54, 1.807) is 6.08 Å². The third kappa shape index (κ3) is 44.3. The van der Waals surface area contributed by atoms with Gasteiger partial charge in [0.15, 0.2) is 0 Å². The zero-order chi connectivity index (χ0) is 43.6. The maximum Gasteiger partial charge on any atom is 0.472 e. The number of carbonyl (C=O) groups is 1. The molecule has 59 heavy (non-hydrogen) atoms. The quantitative estimate of drug-likeness (QED) is 0.0244. The Kier molecular flexibility index (Phi) is 40.7. The Morgan fingerprint density at radius 3 is 1.41 bits per heavy atom. The Balaban J connectivity index is 4.25. The number of nitrogens with zero attached hydrogens (tertiary/aromatic N) is 1. The lowest BCUT2D eigenvalue weighted by atomic mass is 10.0. The van der Waals surface area contributed by atoms with E-state index >= 15 is 0 Å². The molecule has 8 nitrogen and oxygen atoms in total. The van der Waals surface area contributed by atoms with Gasteiger partial charge in [0.1, 0.15) is 13.2 Å². The standard InChI is InChI=1S/C50H95N2O6P/c1-6-8-10-12-14-16-18-20-21-22-23-24-25-26-27-28-29-30-31-32-34-36-38-40-42-44-50(54)51-48(47-58-59(55,56)57-46-45-52(3,4)5)49(53)43-41-39-37-35-33-19-17-15-13-11-9-7-2/h18,20,22-23,25-26,41,43,48-49,53H,6-17,19,21,24,27-40,42,44-47H2,1-5H3,(H-,51,54,55,56)/p+1/b20-18-,23-22-,26-25-,43-41+. The van der Waals surface area contributed by atoms with Gasteiger partial charge in [0.2, 0.25) is 5.91 Å². The van der Waals surface area contributed by atoms with Crippen molar-refractivity contribution in [3.8, 4) is 0 Å². The molecule has 0 rings (SSSR count). The fourth-order valence-electron chi connectivity index (χ4n) is 6.87. The fourth-order valence-corrected chi connectivity index (χ4v) is 7.61. The molecule has 0 aromatic carbocycles. The largest absolute Gasteiger partial charge is 0.472 e. The zero-order valence-electron chi connectivity index (χ0n) is 39.2. The van der Waals surface area contributed by atoms with E-state index < -0.39 is 20.0 Å². The lowest BCUT2D eigenvalue weighted by molar-refractivity contribution is -0.870. The van der Waals surface area contributed by atoms with Crippen LogP contribution in [0.1, 0.15) is 213 Å². The molecule has 0 saturated heterocycles. The van der Waals surface area contributed by atoms with Crippen LogP contribution in [0.25, 0.3) is 0 Å². The van der Waals surface area contributed by atoms with Crippen LogP contribution in [0.5, 0.6) is 0 Å². The number of aliphatic hydroxyl groups excluding tert-OH is 1. The van der Waals surface area contributed by atoms with Gasteiger partial charge in [-0.25, -0.2) is 4.57 Å². The lowest BCUT2D eigenvalue weighted by Gasteiger charge is -2.25. The first kappa shape index (κ1) is 57.5. The fraction of sp³-hybridized carbons (Fsp3) is 0.820. The highest BCUT2D eigenvalue weighted by atomic mass is 31.2. The molecule has 0 aliphatic carbocycles. The minimum Gasteiger partial charge on any atom is -0.387 e. The molecule has 0 saturated carbocycles. The SMILES string of the molecule is CCCCCCC/C=C\C/C=C\C/C=C\CCCCCCCCCCCCC(=O)NC(COP(=O)(O)OCC[N+](C)(C)C)C(O)/C=C/CCCCCCCCCCCC. The molecule has 1 amide bonds. The highest BCUT2D eigenvalue weighted by Gasteiger charge is 2.27. The van der Waals surface area contributed by atoms with Crippen molar-refractivity contribution in [1.82, 2.24) is 5.32 Å². The van der Waals surface area contributed by atoms with Crippen LogP contribution < -0.4 is 5.32 Å². The predicted molar refractivity (Wildman–Crippen MR) is 254 cm³/mol. The summed E-state index contributed by atoms with van der Waals surface area (Å²) in [4.78, 5) is 23.2. The van der Waals surface area contributed by atoms with Crippen LogP contribution in [0.4, 0.5) is 0 Å². The topological polar surface area (TPSA) is 105 Å². The Hall–Kier alpha value is -1.54. The molecule has 0 aliphatic rings. The highest BCUT2D eigenvalue weighted by molar-refractivity contribution is 7.47. The Labute approximate surface area is 365 Å². The molecule has 3 atom stereocenters. The van der Waals surface area contributed by atoms with Crippen LogP contribution in [0.2, 0.25) is 0 Å². The van der Waals surface area contributed by atoms with Crippen LogP contribution in [0.3, 0.4) is 0 Å². The normalized spacial score (nSPS) is 14.6. The van der Waals surface area contributed by atoms with Crippen LogP contribution >= 0.6 is 7.82 Å². The predicted octanol–water partition coefficient (Wildman–Crippen LogP) is 14.0. The third-order valence-electron chi connectivity index (χ3n) is 10.8. The molecule has 3 unspecified atom stereocenters. The van der Waals surface area contributed by atoms with Crippen LogP contribution in [-0.2, 0) is 18.4 Å². The number of allylic oxidation sites excluding steroid dienone is 7. The summed E-state index contributed by atoms with van der Waals surface area (Å²) in [6, 6.07) is -0.848. The molecule has 0 aromatic rings. The smallest absolute Gasteiger partial charge is 0.387 e. The number of quaternary nitrogens is 1. The minimum absolute atomic E-state index is 0.0595. The van der Waals surface area contributed by atoms with Gasteiger partial charge in [0.05, 0.1) is 39.9 Å². The summed E-state index contributed by atoms with van der Waals surface area (Å²) in [5.74, 6) is -0.183.